The van der Waals surface area contributed by atoms with E-state index in [4.69, 9.17) is 28.9 Å². The van der Waals surface area contributed by atoms with Gasteiger partial charge in [0, 0.05) is 33.9 Å². The van der Waals surface area contributed by atoms with Crippen molar-refractivity contribution in [3.05, 3.63) is 93.2 Å². The topological polar surface area (TPSA) is 113 Å². The molecule has 2 aliphatic rings. The Morgan fingerprint density at radius 1 is 1.07 bits per heavy atom. The summed E-state index contributed by atoms with van der Waals surface area (Å²) < 4.78 is 15.8. The summed E-state index contributed by atoms with van der Waals surface area (Å²) in [5.74, 6) is -3.07. The first-order valence-electron chi connectivity index (χ1n) is 12.8. The molecule has 0 aliphatic carbocycles. The van der Waals surface area contributed by atoms with Gasteiger partial charge < -0.3 is 21.7 Å². The molecule has 2 aliphatic heterocycles. The third-order valence-corrected chi connectivity index (χ3v) is 8.18. The van der Waals surface area contributed by atoms with Gasteiger partial charge in [0.15, 0.2) is 0 Å². The Morgan fingerprint density at radius 2 is 1.77 bits per heavy atom. The number of carbonyl (C=O) groups excluding carboxylic acids is 3. The highest BCUT2D eigenvalue weighted by atomic mass is 35.5. The second-order valence-corrected chi connectivity index (χ2v) is 12.4. The number of hydrogen-bond donors (Lipinski definition) is 4. The van der Waals surface area contributed by atoms with Crippen molar-refractivity contribution in [1.82, 2.24) is 5.32 Å². The molecule has 1 saturated heterocycles. The van der Waals surface area contributed by atoms with Crippen LogP contribution in [0, 0.1) is 11.2 Å². The van der Waals surface area contributed by atoms with Gasteiger partial charge in [-0.25, -0.2) is 4.39 Å². The molecule has 5 N–H and O–H groups in total. The smallest absolute Gasteiger partial charge is 0.248 e. The number of carbonyl (C=O) groups is 3. The zero-order valence-electron chi connectivity index (χ0n) is 22.1. The number of primary amides is 1. The summed E-state index contributed by atoms with van der Waals surface area (Å²) in [4.78, 5) is 39.6. The second kappa shape index (κ2) is 10.2. The van der Waals surface area contributed by atoms with E-state index in [-0.39, 0.29) is 27.5 Å². The summed E-state index contributed by atoms with van der Waals surface area (Å²) in [6.45, 7) is 6.13. The lowest BCUT2D eigenvalue weighted by atomic mass is 9.62. The van der Waals surface area contributed by atoms with Gasteiger partial charge in [0.1, 0.15) is 11.2 Å². The minimum Gasteiger partial charge on any atom is -0.366 e. The van der Waals surface area contributed by atoms with Gasteiger partial charge in [-0.2, -0.15) is 0 Å². The highest BCUT2D eigenvalue weighted by Crippen LogP contribution is 2.57. The number of fused-ring (bicyclic) bond motifs is 2. The van der Waals surface area contributed by atoms with Crippen LogP contribution >= 0.6 is 23.2 Å². The largest absolute Gasteiger partial charge is 0.366 e. The van der Waals surface area contributed by atoms with E-state index in [0.717, 1.165) is 0 Å². The zero-order chi connectivity index (χ0) is 29.0. The van der Waals surface area contributed by atoms with E-state index in [2.05, 4.69) is 16.0 Å². The fourth-order valence-electron chi connectivity index (χ4n) is 6.09. The highest BCUT2D eigenvalue weighted by molar-refractivity contribution is 6.31. The third kappa shape index (κ3) is 4.74. The molecule has 3 amide bonds. The number of hydrogen-bond acceptors (Lipinski definition) is 4. The van der Waals surface area contributed by atoms with Gasteiger partial charge in [-0.15, -0.1) is 0 Å². The van der Waals surface area contributed by atoms with Crippen LogP contribution in [0.4, 0.5) is 15.8 Å². The Labute approximate surface area is 241 Å². The lowest BCUT2D eigenvalue weighted by molar-refractivity contribution is -0.122. The number of nitrogens with one attached hydrogen (secondary N) is 3. The molecule has 0 aromatic heterocycles. The van der Waals surface area contributed by atoms with E-state index < -0.39 is 41.0 Å². The summed E-state index contributed by atoms with van der Waals surface area (Å²) in [5.41, 5.74) is 5.74. The lowest BCUT2D eigenvalue weighted by Crippen LogP contribution is -2.49. The van der Waals surface area contributed by atoms with Gasteiger partial charge in [0.05, 0.1) is 11.1 Å². The van der Waals surface area contributed by atoms with Crippen molar-refractivity contribution in [3.8, 4) is 0 Å². The Bertz CT molecular complexity index is 1520. The molecule has 4 atom stereocenters. The monoisotopic (exact) mass is 582 g/mol. The van der Waals surface area contributed by atoms with Crippen molar-refractivity contribution < 1.29 is 18.8 Å². The van der Waals surface area contributed by atoms with Crippen molar-refractivity contribution in [3.63, 3.8) is 0 Å². The molecule has 2 heterocycles. The molecular weight excluding hydrogens is 554 g/mol. The normalized spacial score (nSPS) is 23.6. The Kier molecular flexibility index (Phi) is 7.15. The first kappa shape index (κ1) is 28.1. The lowest BCUT2D eigenvalue weighted by Gasteiger charge is -2.37. The predicted molar refractivity (Wildman–Crippen MR) is 154 cm³/mol. The maximum Gasteiger partial charge on any atom is 0.248 e. The quantitative estimate of drug-likeness (QED) is 0.312. The third-order valence-electron chi connectivity index (χ3n) is 7.66. The molecule has 5 rings (SSSR count). The molecule has 208 valence electrons. The van der Waals surface area contributed by atoms with Crippen molar-refractivity contribution in [1.29, 1.82) is 0 Å². The maximum absolute atomic E-state index is 15.8. The Balaban J connectivity index is 1.69. The van der Waals surface area contributed by atoms with Crippen LogP contribution in [0.5, 0.6) is 0 Å². The molecule has 0 radical (unpaired) electrons. The van der Waals surface area contributed by atoms with Gasteiger partial charge in [0.25, 0.3) is 0 Å². The Morgan fingerprint density at radius 3 is 2.42 bits per heavy atom. The van der Waals surface area contributed by atoms with Crippen LogP contribution in [-0.2, 0) is 15.0 Å². The minimum atomic E-state index is -1.35. The number of anilines is 2. The molecule has 0 bridgehead atoms. The van der Waals surface area contributed by atoms with E-state index in [9.17, 15) is 14.4 Å². The molecule has 3 aromatic carbocycles. The van der Waals surface area contributed by atoms with E-state index in [0.29, 0.717) is 28.4 Å². The maximum atomic E-state index is 15.8. The number of benzene rings is 3. The Hall–Kier alpha value is -3.46. The highest BCUT2D eigenvalue weighted by Gasteiger charge is 2.66. The molecule has 1 fully saturated rings. The number of rotatable bonds is 5. The molecule has 40 heavy (non-hydrogen) atoms. The van der Waals surface area contributed by atoms with Crippen LogP contribution in [0.15, 0.2) is 60.7 Å². The molecule has 3 aromatic rings. The summed E-state index contributed by atoms with van der Waals surface area (Å²) >= 11 is 12.5. The second-order valence-electron chi connectivity index (χ2n) is 11.5. The number of nitrogens with two attached hydrogens (primary N) is 1. The van der Waals surface area contributed by atoms with E-state index in [1.54, 1.807) is 42.5 Å². The minimum absolute atomic E-state index is 0.108. The molecule has 7 nitrogen and oxygen atoms in total. The van der Waals surface area contributed by atoms with Gasteiger partial charge in [-0.1, -0.05) is 62.2 Å². The average Bonchev–Trinajstić information content (AvgIpc) is 3.35. The average molecular weight is 583 g/mol. The van der Waals surface area contributed by atoms with E-state index in [1.165, 1.54) is 18.2 Å². The molecule has 10 heteroatoms. The fourth-order valence-corrected chi connectivity index (χ4v) is 6.44. The predicted octanol–water partition coefficient (Wildman–Crippen LogP) is 5.62. The molecule has 0 saturated carbocycles. The first-order chi connectivity index (χ1) is 18.8. The molecular formula is C30H29Cl2FN4O3. The summed E-state index contributed by atoms with van der Waals surface area (Å²) in [6.07, 6.45) is 0.498. The van der Waals surface area contributed by atoms with Crippen LogP contribution < -0.4 is 21.7 Å². The van der Waals surface area contributed by atoms with Crippen molar-refractivity contribution in [2.45, 2.75) is 50.6 Å². The van der Waals surface area contributed by atoms with Gasteiger partial charge >= 0.3 is 0 Å². The van der Waals surface area contributed by atoms with Crippen molar-refractivity contribution >= 4 is 52.3 Å². The zero-order valence-corrected chi connectivity index (χ0v) is 23.7. The van der Waals surface area contributed by atoms with E-state index in [1.807, 2.05) is 20.8 Å². The van der Waals surface area contributed by atoms with Crippen LogP contribution in [-0.4, -0.2) is 29.8 Å². The van der Waals surface area contributed by atoms with Crippen molar-refractivity contribution in [2.75, 3.05) is 10.6 Å². The molecule has 0 unspecified atom stereocenters. The number of halogens is 3. The van der Waals surface area contributed by atoms with E-state index >= 15 is 4.39 Å². The first-order valence-corrected chi connectivity index (χ1v) is 13.6. The van der Waals surface area contributed by atoms with Gasteiger partial charge in [-0.05, 0) is 65.4 Å². The van der Waals surface area contributed by atoms with Gasteiger partial charge in [-0.3, -0.25) is 14.4 Å². The van der Waals surface area contributed by atoms with Crippen LogP contribution in [0.3, 0.4) is 0 Å². The summed E-state index contributed by atoms with van der Waals surface area (Å²) in [6, 6.07) is 14.3. The fraction of sp³-hybridized carbons (Fsp3) is 0.300. The molecule has 1 spiro atoms. The van der Waals surface area contributed by atoms with Gasteiger partial charge in [0.2, 0.25) is 17.7 Å². The summed E-state index contributed by atoms with van der Waals surface area (Å²) in [7, 11) is 0. The van der Waals surface area contributed by atoms with Crippen LogP contribution in [0.25, 0.3) is 0 Å². The van der Waals surface area contributed by atoms with Crippen LogP contribution in [0.2, 0.25) is 10.0 Å². The summed E-state index contributed by atoms with van der Waals surface area (Å²) in [5, 5.41) is 9.56. The van der Waals surface area contributed by atoms with Crippen molar-refractivity contribution in [2.24, 2.45) is 11.1 Å². The number of amides is 3. The van der Waals surface area contributed by atoms with Crippen LogP contribution in [0.1, 0.15) is 54.6 Å². The SMILES string of the molecule is CC(C)(C)C[C@@H]1N[C@@H](C(=O)Nc2ccc(C(N)=O)cc2)[C@H](c2cccc(Cl)c2F)[C@]12C(=O)Nc1cc(Cl)ccc12. The standard InChI is InChI=1S/C30H29Cl2FN4O3/c1-29(2,3)14-22-30(19-12-9-16(31)13-21(19)36-28(30)40)23(18-5-4-6-20(32)24(18)33)25(37-22)27(39)35-17-10-7-15(8-11-17)26(34)38/h4-13,22-23,25,37H,14H2,1-3H3,(H2,34,38)(H,35,39)(H,36,40)/t22-,23-,25+,30+/m0/s1.